The maximum atomic E-state index is 5.77. The zero-order chi connectivity index (χ0) is 26.8. The first kappa shape index (κ1) is 26.6. The zero-order valence-corrected chi connectivity index (χ0v) is 25.0. The van der Waals surface area contributed by atoms with Crippen molar-refractivity contribution >= 4 is 31.9 Å². The van der Waals surface area contributed by atoms with Crippen molar-refractivity contribution in [2.24, 2.45) is 0 Å². The van der Waals surface area contributed by atoms with E-state index >= 15 is 0 Å². The van der Waals surface area contributed by atoms with Gasteiger partial charge in [-0.15, -0.1) is 0 Å². The summed E-state index contributed by atoms with van der Waals surface area (Å²) in [6, 6.07) is 27.9. The molecule has 0 bridgehead atoms. The molecule has 1 aliphatic rings. The molecule has 0 spiro atoms. The summed E-state index contributed by atoms with van der Waals surface area (Å²) >= 11 is 7.21. The van der Waals surface area contributed by atoms with Crippen molar-refractivity contribution in [1.82, 2.24) is 0 Å². The quantitative estimate of drug-likeness (QED) is 0.194. The second-order valence-corrected chi connectivity index (χ2v) is 11.3. The zero-order valence-electron chi connectivity index (χ0n) is 21.8. The minimum atomic E-state index is 0.0752. The molecule has 38 heavy (non-hydrogen) atoms. The summed E-state index contributed by atoms with van der Waals surface area (Å²) in [5.74, 6) is 3.38. The first-order valence-corrected chi connectivity index (χ1v) is 14.0. The molecule has 6 heteroatoms. The van der Waals surface area contributed by atoms with Gasteiger partial charge in [0.1, 0.15) is 0 Å². The highest BCUT2D eigenvalue weighted by Gasteiger charge is 2.43. The Morgan fingerprint density at radius 1 is 0.553 bits per heavy atom. The van der Waals surface area contributed by atoms with Crippen LogP contribution in [0.1, 0.15) is 45.6 Å². The Morgan fingerprint density at radius 2 is 1.05 bits per heavy atom. The Hall–Kier alpha value is -2.96. The van der Waals surface area contributed by atoms with Crippen LogP contribution in [0.4, 0.5) is 0 Å². The van der Waals surface area contributed by atoms with Crippen molar-refractivity contribution in [2.45, 2.75) is 24.2 Å². The lowest BCUT2D eigenvalue weighted by Crippen LogP contribution is -2.14. The smallest absolute Gasteiger partial charge is 0.161 e. The molecular formula is C32H30Br2O4. The third-order valence-electron chi connectivity index (χ3n) is 7.51. The Balaban J connectivity index is 1.74. The molecular weight excluding hydrogens is 608 g/mol. The molecule has 0 amide bonds. The molecule has 0 saturated heterocycles. The molecule has 5 rings (SSSR count). The predicted octanol–water partition coefficient (Wildman–Crippen LogP) is 8.50. The molecule has 4 aromatic rings. The van der Waals surface area contributed by atoms with Crippen LogP contribution in [0.2, 0.25) is 0 Å². The predicted molar refractivity (Wildman–Crippen MR) is 158 cm³/mol. The summed E-state index contributed by atoms with van der Waals surface area (Å²) in [5, 5.41) is 0. The van der Waals surface area contributed by atoms with Crippen LogP contribution >= 0.6 is 31.9 Å². The van der Waals surface area contributed by atoms with Gasteiger partial charge in [-0.25, -0.2) is 0 Å². The van der Waals surface area contributed by atoms with E-state index in [1.807, 2.05) is 6.07 Å². The van der Waals surface area contributed by atoms with Gasteiger partial charge in [-0.1, -0.05) is 62.2 Å². The lowest BCUT2D eigenvalue weighted by atomic mass is 9.76. The lowest BCUT2D eigenvalue weighted by molar-refractivity contribution is 0.353. The lowest BCUT2D eigenvalue weighted by Gasteiger charge is -2.27. The van der Waals surface area contributed by atoms with Crippen molar-refractivity contribution in [3.63, 3.8) is 0 Å². The average molecular weight is 638 g/mol. The van der Waals surface area contributed by atoms with Crippen molar-refractivity contribution in [2.75, 3.05) is 28.4 Å². The minimum absolute atomic E-state index is 0.0752. The molecule has 0 unspecified atom stereocenters. The molecule has 0 N–H and O–H groups in total. The van der Waals surface area contributed by atoms with E-state index in [4.69, 9.17) is 18.9 Å². The van der Waals surface area contributed by atoms with E-state index in [9.17, 15) is 0 Å². The van der Waals surface area contributed by atoms with Crippen molar-refractivity contribution in [1.29, 1.82) is 0 Å². The second-order valence-electron chi connectivity index (χ2n) is 9.44. The van der Waals surface area contributed by atoms with Crippen LogP contribution in [-0.4, -0.2) is 28.4 Å². The summed E-state index contributed by atoms with van der Waals surface area (Å²) in [5.41, 5.74) is 6.25. The number of fused-ring (bicyclic) bond motifs is 1. The van der Waals surface area contributed by atoms with Crippen LogP contribution in [0.15, 0.2) is 87.8 Å². The summed E-state index contributed by atoms with van der Waals surface area (Å²) in [6.07, 6.45) is 0.889. The molecule has 0 saturated carbocycles. The molecule has 0 aliphatic heterocycles. The third-order valence-corrected chi connectivity index (χ3v) is 8.56. The number of halogens is 2. The number of hydrogen-bond acceptors (Lipinski definition) is 4. The van der Waals surface area contributed by atoms with Gasteiger partial charge in [0, 0.05) is 20.8 Å². The second kappa shape index (κ2) is 11.4. The number of benzene rings is 4. The van der Waals surface area contributed by atoms with Crippen molar-refractivity contribution in [3.8, 4) is 23.0 Å². The van der Waals surface area contributed by atoms with Gasteiger partial charge in [0.05, 0.1) is 28.4 Å². The van der Waals surface area contributed by atoms with Crippen LogP contribution in [0, 0.1) is 0 Å². The van der Waals surface area contributed by atoms with Gasteiger partial charge in [0.15, 0.2) is 23.0 Å². The SMILES string of the molecule is COc1ccc([C@@H]2c3cc(OC)c(OC)cc3[C@H](Cc3ccc(Br)cc3)[C@H]2c2ccc(Br)cc2)cc1OC. The van der Waals surface area contributed by atoms with Gasteiger partial charge in [-0.3, -0.25) is 0 Å². The van der Waals surface area contributed by atoms with Crippen LogP contribution in [0.25, 0.3) is 0 Å². The normalized spacial score (nSPS) is 18.1. The van der Waals surface area contributed by atoms with E-state index in [0.29, 0.717) is 5.75 Å². The van der Waals surface area contributed by atoms with Crippen LogP contribution in [-0.2, 0) is 6.42 Å². The fraction of sp³-hybridized carbons (Fsp3) is 0.250. The Bertz CT molecular complexity index is 1420. The highest BCUT2D eigenvalue weighted by atomic mass is 79.9. The Labute approximate surface area is 241 Å². The first-order valence-electron chi connectivity index (χ1n) is 12.4. The van der Waals surface area contributed by atoms with Crippen molar-refractivity contribution < 1.29 is 18.9 Å². The van der Waals surface area contributed by atoms with E-state index in [0.717, 1.165) is 32.6 Å². The number of hydrogen-bond donors (Lipinski definition) is 0. The molecule has 4 nitrogen and oxygen atoms in total. The van der Waals surface area contributed by atoms with Gasteiger partial charge < -0.3 is 18.9 Å². The Kier molecular flexibility index (Phi) is 8.01. The van der Waals surface area contributed by atoms with Crippen LogP contribution < -0.4 is 18.9 Å². The largest absolute Gasteiger partial charge is 0.493 e. The fourth-order valence-corrected chi connectivity index (χ4v) is 6.30. The maximum absolute atomic E-state index is 5.77. The molecule has 0 fully saturated rings. The highest BCUT2D eigenvalue weighted by Crippen LogP contribution is 2.58. The van der Waals surface area contributed by atoms with E-state index in [-0.39, 0.29) is 17.8 Å². The van der Waals surface area contributed by atoms with E-state index in [1.54, 1.807) is 28.4 Å². The van der Waals surface area contributed by atoms with Crippen molar-refractivity contribution in [3.05, 3.63) is 116 Å². The molecule has 1 aliphatic carbocycles. The summed E-state index contributed by atoms with van der Waals surface area (Å²) in [7, 11) is 6.73. The average Bonchev–Trinajstić information content (AvgIpc) is 3.26. The van der Waals surface area contributed by atoms with E-state index in [1.165, 1.54) is 27.8 Å². The number of methoxy groups -OCH3 is 4. The first-order chi connectivity index (χ1) is 18.5. The number of ether oxygens (including phenoxy) is 4. The van der Waals surface area contributed by atoms with Crippen LogP contribution in [0.5, 0.6) is 23.0 Å². The topological polar surface area (TPSA) is 36.9 Å². The molecule has 0 heterocycles. The molecule has 0 aromatic heterocycles. The molecule has 196 valence electrons. The summed E-state index contributed by atoms with van der Waals surface area (Å²) < 4.78 is 24.9. The van der Waals surface area contributed by atoms with Gasteiger partial charge in [0.25, 0.3) is 0 Å². The molecule has 4 aromatic carbocycles. The Morgan fingerprint density at radius 3 is 1.63 bits per heavy atom. The monoisotopic (exact) mass is 636 g/mol. The standard InChI is InChI=1S/C32H30Br2O4/c1-35-27-14-9-21(16-28(27)36-2)32-26-18-30(38-4)29(37-3)17-24(26)25(15-19-5-10-22(33)11-6-19)31(32)20-7-12-23(34)13-8-20/h5-14,16-18,25,31-32H,15H2,1-4H3/t25-,31+,32+/m0/s1. The van der Waals surface area contributed by atoms with Gasteiger partial charge in [-0.2, -0.15) is 0 Å². The molecule has 0 radical (unpaired) electrons. The maximum Gasteiger partial charge on any atom is 0.161 e. The van der Waals surface area contributed by atoms with Gasteiger partial charge in [-0.05, 0) is 88.7 Å². The van der Waals surface area contributed by atoms with E-state index in [2.05, 4.69) is 105 Å². The third kappa shape index (κ3) is 5.04. The number of rotatable bonds is 8. The highest BCUT2D eigenvalue weighted by molar-refractivity contribution is 9.10. The molecule has 3 atom stereocenters. The summed E-state index contributed by atoms with van der Waals surface area (Å²) in [4.78, 5) is 0. The van der Waals surface area contributed by atoms with E-state index < -0.39 is 0 Å². The minimum Gasteiger partial charge on any atom is -0.493 e. The van der Waals surface area contributed by atoms with Gasteiger partial charge >= 0.3 is 0 Å². The van der Waals surface area contributed by atoms with Crippen LogP contribution in [0.3, 0.4) is 0 Å². The fourth-order valence-electron chi connectivity index (χ4n) is 5.77. The summed E-state index contributed by atoms with van der Waals surface area (Å²) in [6.45, 7) is 0. The van der Waals surface area contributed by atoms with Gasteiger partial charge in [0.2, 0.25) is 0 Å².